The molecule has 0 saturated heterocycles. The zero-order valence-electron chi connectivity index (χ0n) is 15.6. The van der Waals surface area contributed by atoms with Crippen LogP contribution >= 0.6 is 0 Å². The van der Waals surface area contributed by atoms with Crippen LogP contribution < -0.4 is 4.90 Å². The van der Waals surface area contributed by atoms with Crippen LogP contribution in [0.4, 0.5) is 5.82 Å². The standard InChI is InChI=1S/C24H23N3.Na.H/c1-17-21(15-18-7-3-2-4-8-18)23-22(26-17)11-13-25-24(23)27-14-12-19-9-5-6-10-20(19)16-27;;/h2-11,13,26H,12,14-16H2,1H3;;. The Hall–Kier alpha value is -2.07. The maximum absolute atomic E-state index is 4.83. The molecule has 136 valence electrons. The van der Waals surface area contributed by atoms with Gasteiger partial charge >= 0.3 is 29.6 Å². The first-order valence-electron chi connectivity index (χ1n) is 9.61. The molecule has 0 radical (unpaired) electrons. The van der Waals surface area contributed by atoms with Crippen molar-refractivity contribution in [3.8, 4) is 0 Å². The second-order valence-corrected chi connectivity index (χ2v) is 7.39. The summed E-state index contributed by atoms with van der Waals surface area (Å²) in [4.78, 5) is 10.8. The number of hydrogen-bond donors (Lipinski definition) is 1. The summed E-state index contributed by atoms with van der Waals surface area (Å²) in [6.07, 6.45) is 3.93. The van der Waals surface area contributed by atoms with Crippen molar-refractivity contribution in [3.63, 3.8) is 0 Å². The quantitative estimate of drug-likeness (QED) is 0.538. The molecule has 0 aliphatic carbocycles. The molecule has 0 saturated carbocycles. The fourth-order valence-electron chi connectivity index (χ4n) is 4.25. The molecule has 2 aromatic carbocycles. The van der Waals surface area contributed by atoms with Gasteiger partial charge in [-0.05, 0) is 48.1 Å². The van der Waals surface area contributed by atoms with Crippen molar-refractivity contribution in [3.05, 3.63) is 94.8 Å². The number of pyridine rings is 1. The summed E-state index contributed by atoms with van der Waals surface area (Å²) in [5.41, 5.74) is 8.00. The normalized spacial score (nSPS) is 13.2. The molecule has 0 bridgehead atoms. The van der Waals surface area contributed by atoms with E-state index in [1.54, 1.807) is 0 Å². The molecule has 0 amide bonds. The van der Waals surface area contributed by atoms with Gasteiger partial charge in [0.25, 0.3) is 0 Å². The SMILES string of the molecule is Cc1[nH]c2ccnc(N3CCc4ccccc4C3)c2c1Cc1ccccc1.[NaH]. The second kappa shape index (κ2) is 8.12. The second-order valence-electron chi connectivity index (χ2n) is 7.39. The van der Waals surface area contributed by atoms with Crippen LogP contribution in [0.5, 0.6) is 0 Å². The summed E-state index contributed by atoms with van der Waals surface area (Å²) < 4.78 is 0. The molecule has 0 spiro atoms. The third-order valence-corrected chi connectivity index (χ3v) is 5.66. The van der Waals surface area contributed by atoms with Crippen LogP contribution in [0.3, 0.4) is 0 Å². The summed E-state index contributed by atoms with van der Waals surface area (Å²) in [5.74, 6) is 1.11. The van der Waals surface area contributed by atoms with Crippen LogP contribution in [0, 0.1) is 6.92 Å². The van der Waals surface area contributed by atoms with Gasteiger partial charge < -0.3 is 9.88 Å². The number of nitrogens with one attached hydrogen (secondary N) is 1. The monoisotopic (exact) mass is 377 g/mol. The molecule has 28 heavy (non-hydrogen) atoms. The number of fused-ring (bicyclic) bond motifs is 2. The third-order valence-electron chi connectivity index (χ3n) is 5.66. The molecular weight excluding hydrogens is 353 g/mol. The van der Waals surface area contributed by atoms with E-state index in [-0.39, 0.29) is 29.6 Å². The molecule has 2 aromatic heterocycles. The number of H-pyrrole nitrogens is 1. The van der Waals surface area contributed by atoms with Crippen LogP contribution in [0.15, 0.2) is 66.9 Å². The van der Waals surface area contributed by atoms with Crippen molar-refractivity contribution in [2.24, 2.45) is 0 Å². The topological polar surface area (TPSA) is 31.9 Å². The van der Waals surface area contributed by atoms with Crippen LogP contribution in [0.2, 0.25) is 0 Å². The number of benzene rings is 2. The predicted octanol–water partition coefficient (Wildman–Crippen LogP) is 4.38. The van der Waals surface area contributed by atoms with Gasteiger partial charge in [-0.2, -0.15) is 0 Å². The molecular formula is C24H24N3Na. The Morgan fingerprint density at radius 3 is 2.54 bits per heavy atom. The van der Waals surface area contributed by atoms with E-state index in [1.807, 2.05) is 6.20 Å². The Bertz CT molecular complexity index is 1100. The van der Waals surface area contributed by atoms with E-state index in [1.165, 1.54) is 38.9 Å². The Labute approximate surface area is 188 Å². The molecule has 3 nitrogen and oxygen atoms in total. The molecule has 5 rings (SSSR count). The van der Waals surface area contributed by atoms with E-state index in [0.717, 1.165) is 31.7 Å². The molecule has 1 aliphatic heterocycles. The van der Waals surface area contributed by atoms with E-state index in [2.05, 4.69) is 77.5 Å². The van der Waals surface area contributed by atoms with E-state index in [9.17, 15) is 0 Å². The van der Waals surface area contributed by atoms with Gasteiger partial charge in [0.05, 0.1) is 5.52 Å². The van der Waals surface area contributed by atoms with E-state index in [0.29, 0.717) is 0 Å². The van der Waals surface area contributed by atoms with Gasteiger partial charge in [-0.15, -0.1) is 0 Å². The average molecular weight is 377 g/mol. The van der Waals surface area contributed by atoms with Crippen LogP contribution in [0.25, 0.3) is 10.9 Å². The zero-order chi connectivity index (χ0) is 18.2. The predicted molar refractivity (Wildman–Crippen MR) is 118 cm³/mol. The van der Waals surface area contributed by atoms with Gasteiger partial charge in [0, 0.05) is 30.4 Å². The van der Waals surface area contributed by atoms with Crippen molar-refractivity contribution in [1.82, 2.24) is 9.97 Å². The number of aromatic nitrogens is 2. The number of aromatic amines is 1. The molecule has 1 aliphatic rings. The maximum atomic E-state index is 4.83. The first-order valence-corrected chi connectivity index (χ1v) is 9.61. The molecule has 0 unspecified atom stereocenters. The summed E-state index contributed by atoms with van der Waals surface area (Å²) in [6.45, 7) is 4.11. The summed E-state index contributed by atoms with van der Waals surface area (Å²) >= 11 is 0. The fourth-order valence-corrected chi connectivity index (χ4v) is 4.25. The third kappa shape index (κ3) is 3.50. The van der Waals surface area contributed by atoms with E-state index < -0.39 is 0 Å². The Morgan fingerprint density at radius 2 is 1.71 bits per heavy atom. The number of nitrogens with zero attached hydrogens (tertiary/aromatic N) is 2. The van der Waals surface area contributed by atoms with E-state index in [4.69, 9.17) is 4.98 Å². The fraction of sp³-hybridized carbons (Fsp3) is 0.208. The molecule has 0 atom stereocenters. The number of hydrogen-bond acceptors (Lipinski definition) is 2. The molecule has 1 N–H and O–H groups in total. The zero-order valence-corrected chi connectivity index (χ0v) is 15.6. The van der Waals surface area contributed by atoms with Crippen molar-refractivity contribution in [1.29, 1.82) is 0 Å². The first kappa shape index (κ1) is 19.3. The van der Waals surface area contributed by atoms with Crippen LogP contribution in [-0.2, 0) is 19.4 Å². The summed E-state index contributed by atoms with van der Waals surface area (Å²) in [5, 5.41) is 1.28. The van der Waals surface area contributed by atoms with Gasteiger partial charge in [-0.3, -0.25) is 0 Å². The minimum atomic E-state index is 0. The summed E-state index contributed by atoms with van der Waals surface area (Å²) in [7, 11) is 0. The van der Waals surface area contributed by atoms with Gasteiger partial charge in [-0.1, -0.05) is 54.6 Å². The first-order chi connectivity index (χ1) is 13.3. The van der Waals surface area contributed by atoms with Crippen LogP contribution in [-0.4, -0.2) is 46.1 Å². The number of aryl methyl sites for hydroxylation is 1. The Kier molecular flexibility index (Phi) is 5.58. The van der Waals surface area contributed by atoms with Gasteiger partial charge in [-0.25, -0.2) is 4.98 Å². The number of rotatable bonds is 3. The Morgan fingerprint density at radius 1 is 0.964 bits per heavy atom. The van der Waals surface area contributed by atoms with Gasteiger partial charge in [0.1, 0.15) is 5.82 Å². The van der Waals surface area contributed by atoms with Crippen molar-refractivity contribution in [2.75, 3.05) is 11.4 Å². The van der Waals surface area contributed by atoms with Crippen molar-refractivity contribution in [2.45, 2.75) is 26.3 Å². The van der Waals surface area contributed by atoms with Crippen LogP contribution in [0.1, 0.15) is 27.9 Å². The Balaban J connectivity index is 0.00000192. The van der Waals surface area contributed by atoms with E-state index >= 15 is 0 Å². The average Bonchev–Trinajstić information content (AvgIpc) is 3.04. The number of anilines is 1. The molecule has 0 fully saturated rings. The van der Waals surface area contributed by atoms with Gasteiger partial charge in [0.15, 0.2) is 0 Å². The molecule has 4 aromatic rings. The summed E-state index contributed by atoms with van der Waals surface area (Å²) in [6, 6.07) is 21.6. The molecule has 4 heteroatoms. The molecule has 3 heterocycles. The minimum absolute atomic E-state index is 0. The van der Waals surface area contributed by atoms with Crippen molar-refractivity contribution >= 4 is 46.3 Å². The van der Waals surface area contributed by atoms with Crippen molar-refractivity contribution < 1.29 is 0 Å². The van der Waals surface area contributed by atoms with Gasteiger partial charge in [0.2, 0.25) is 0 Å².